The molecule has 1 atom stereocenters. The van der Waals surface area contributed by atoms with Gasteiger partial charge in [0.1, 0.15) is 0 Å². The molecule has 1 heterocycles. The smallest absolute Gasteiger partial charge is 0.407 e. The maximum Gasteiger partial charge on any atom is 0.407 e. The number of carbonyl (C=O) groups excluding carboxylic acids is 1. The molecule has 0 aromatic heterocycles. The molecule has 0 aromatic carbocycles. The minimum absolute atomic E-state index is 0.0230. The Bertz CT molecular complexity index is 276. The predicted molar refractivity (Wildman–Crippen MR) is 53.5 cm³/mol. The highest BCUT2D eigenvalue weighted by Crippen LogP contribution is 2.28. The fraction of sp³-hybridized carbons (Fsp3) is 0.800. The van der Waals surface area contributed by atoms with Gasteiger partial charge in [-0.1, -0.05) is 0 Å². The molecule has 1 aliphatic carbocycles. The van der Waals surface area contributed by atoms with Gasteiger partial charge in [0.2, 0.25) is 5.91 Å². The van der Waals surface area contributed by atoms with Crippen molar-refractivity contribution < 1.29 is 14.7 Å². The normalized spacial score (nSPS) is 25.3. The van der Waals surface area contributed by atoms with E-state index in [1.807, 2.05) is 0 Å². The molecule has 1 saturated heterocycles. The minimum Gasteiger partial charge on any atom is -0.465 e. The molecule has 1 saturated carbocycles. The van der Waals surface area contributed by atoms with Gasteiger partial charge in [0.05, 0.1) is 6.04 Å². The van der Waals surface area contributed by atoms with Gasteiger partial charge < -0.3 is 15.3 Å². The molecule has 15 heavy (non-hydrogen) atoms. The fourth-order valence-electron chi connectivity index (χ4n) is 2.01. The zero-order valence-electron chi connectivity index (χ0n) is 8.61. The van der Waals surface area contributed by atoms with Gasteiger partial charge in [0.15, 0.2) is 0 Å². The van der Waals surface area contributed by atoms with Gasteiger partial charge in [-0.15, -0.1) is 0 Å². The molecule has 5 heteroatoms. The molecular formula is C10H16N2O3. The van der Waals surface area contributed by atoms with Gasteiger partial charge in [-0.25, -0.2) is 4.79 Å². The summed E-state index contributed by atoms with van der Waals surface area (Å²) in [5.74, 6) is 0.289. The topological polar surface area (TPSA) is 69.6 Å². The molecule has 5 nitrogen and oxygen atoms in total. The van der Waals surface area contributed by atoms with E-state index in [1.54, 1.807) is 0 Å². The van der Waals surface area contributed by atoms with Crippen molar-refractivity contribution in [2.24, 2.45) is 5.92 Å². The van der Waals surface area contributed by atoms with Gasteiger partial charge >= 0.3 is 6.09 Å². The number of hydrogen-bond donors (Lipinski definition) is 2. The van der Waals surface area contributed by atoms with Crippen LogP contribution in [0, 0.1) is 5.92 Å². The number of carbonyl (C=O) groups is 2. The highest BCUT2D eigenvalue weighted by Gasteiger charge is 2.32. The standard InChI is InChI=1S/C10H16N2O3/c13-9(7-3-4-7)11-6-8-2-1-5-12(8)10(14)15/h7-8H,1-6H2,(H,11,13)(H,14,15)/t8-/m0/s1. The van der Waals surface area contributed by atoms with Crippen LogP contribution in [0.5, 0.6) is 0 Å². The van der Waals surface area contributed by atoms with E-state index in [4.69, 9.17) is 5.11 Å². The Morgan fingerprint density at radius 1 is 1.33 bits per heavy atom. The zero-order valence-corrected chi connectivity index (χ0v) is 8.61. The Labute approximate surface area is 88.4 Å². The highest BCUT2D eigenvalue weighted by molar-refractivity contribution is 5.80. The number of hydrogen-bond acceptors (Lipinski definition) is 2. The van der Waals surface area contributed by atoms with E-state index < -0.39 is 6.09 Å². The molecule has 2 N–H and O–H groups in total. The van der Waals surface area contributed by atoms with Crippen LogP contribution in [0.3, 0.4) is 0 Å². The monoisotopic (exact) mass is 212 g/mol. The van der Waals surface area contributed by atoms with Gasteiger partial charge in [-0.05, 0) is 25.7 Å². The van der Waals surface area contributed by atoms with Crippen LogP contribution in [0.25, 0.3) is 0 Å². The van der Waals surface area contributed by atoms with Crippen LogP contribution in [0.2, 0.25) is 0 Å². The summed E-state index contributed by atoms with van der Waals surface area (Å²) in [7, 11) is 0. The van der Waals surface area contributed by atoms with E-state index in [2.05, 4.69) is 5.32 Å². The Morgan fingerprint density at radius 2 is 2.07 bits per heavy atom. The van der Waals surface area contributed by atoms with E-state index in [9.17, 15) is 9.59 Å². The first kappa shape index (κ1) is 10.3. The Morgan fingerprint density at radius 3 is 2.67 bits per heavy atom. The summed E-state index contributed by atoms with van der Waals surface area (Å²) in [4.78, 5) is 23.6. The summed E-state index contributed by atoms with van der Waals surface area (Å²) in [5, 5.41) is 11.7. The average molecular weight is 212 g/mol. The Kier molecular flexibility index (Phi) is 2.79. The quantitative estimate of drug-likeness (QED) is 0.721. The molecule has 2 rings (SSSR count). The predicted octanol–water partition coefficient (Wildman–Crippen LogP) is 0.655. The van der Waals surface area contributed by atoms with Crippen LogP contribution in [0.1, 0.15) is 25.7 Å². The molecule has 2 fully saturated rings. The lowest BCUT2D eigenvalue weighted by atomic mass is 10.2. The van der Waals surface area contributed by atoms with E-state index >= 15 is 0 Å². The zero-order chi connectivity index (χ0) is 10.8. The van der Waals surface area contributed by atoms with E-state index in [1.165, 1.54) is 4.90 Å². The molecule has 1 aliphatic heterocycles. The molecule has 84 valence electrons. The average Bonchev–Trinajstić information content (AvgIpc) is 2.93. The summed E-state index contributed by atoms with van der Waals surface area (Å²) in [6.45, 7) is 1.07. The van der Waals surface area contributed by atoms with Crippen LogP contribution in [-0.2, 0) is 4.79 Å². The van der Waals surface area contributed by atoms with Crippen molar-refractivity contribution in [1.82, 2.24) is 10.2 Å². The lowest BCUT2D eigenvalue weighted by Crippen LogP contribution is -2.42. The number of likely N-dealkylation sites (tertiary alicyclic amines) is 1. The van der Waals surface area contributed by atoms with Crippen LogP contribution in [0.4, 0.5) is 4.79 Å². The summed E-state index contributed by atoms with van der Waals surface area (Å²) < 4.78 is 0. The van der Waals surface area contributed by atoms with Gasteiger partial charge in [0, 0.05) is 19.0 Å². The van der Waals surface area contributed by atoms with E-state index in [0.29, 0.717) is 13.1 Å². The summed E-state index contributed by atoms with van der Waals surface area (Å²) in [6.07, 6.45) is 2.85. The fourth-order valence-corrected chi connectivity index (χ4v) is 2.01. The third kappa shape index (κ3) is 2.40. The third-order valence-electron chi connectivity index (χ3n) is 3.08. The van der Waals surface area contributed by atoms with Crippen LogP contribution >= 0.6 is 0 Å². The van der Waals surface area contributed by atoms with E-state index in [0.717, 1.165) is 25.7 Å². The Hall–Kier alpha value is -1.26. The molecule has 0 bridgehead atoms. The van der Waals surface area contributed by atoms with Crippen molar-refractivity contribution in [3.63, 3.8) is 0 Å². The first-order valence-electron chi connectivity index (χ1n) is 5.46. The van der Waals surface area contributed by atoms with Crippen molar-refractivity contribution in [1.29, 1.82) is 0 Å². The SMILES string of the molecule is O=C(NC[C@@H]1CCCN1C(=O)O)C1CC1. The molecule has 0 radical (unpaired) electrons. The van der Waals surface area contributed by atoms with Gasteiger partial charge in [-0.2, -0.15) is 0 Å². The second-order valence-electron chi connectivity index (χ2n) is 4.29. The summed E-state index contributed by atoms with van der Waals surface area (Å²) in [5.41, 5.74) is 0. The maximum atomic E-state index is 11.4. The highest BCUT2D eigenvalue weighted by atomic mass is 16.4. The second kappa shape index (κ2) is 4.08. The summed E-state index contributed by atoms with van der Waals surface area (Å²) in [6, 6.07) is -0.0230. The van der Waals surface area contributed by atoms with Crippen molar-refractivity contribution in [2.75, 3.05) is 13.1 Å². The first-order chi connectivity index (χ1) is 7.18. The van der Waals surface area contributed by atoms with E-state index in [-0.39, 0.29) is 17.9 Å². The van der Waals surface area contributed by atoms with Crippen molar-refractivity contribution >= 4 is 12.0 Å². The number of rotatable bonds is 3. The van der Waals surface area contributed by atoms with Crippen LogP contribution in [-0.4, -0.2) is 41.1 Å². The van der Waals surface area contributed by atoms with Crippen molar-refractivity contribution in [3.05, 3.63) is 0 Å². The second-order valence-corrected chi connectivity index (χ2v) is 4.29. The Balaban J connectivity index is 1.77. The lowest BCUT2D eigenvalue weighted by Gasteiger charge is -2.21. The third-order valence-corrected chi connectivity index (χ3v) is 3.08. The lowest BCUT2D eigenvalue weighted by molar-refractivity contribution is -0.122. The molecular weight excluding hydrogens is 196 g/mol. The van der Waals surface area contributed by atoms with Gasteiger partial charge in [0.25, 0.3) is 0 Å². The number of carboxylic acid groups (broad SMARTS) is 1. The number of nitrogens with one attached hydrogen (secondary N) is 1. The molecule has 2 aliphatic rings. The molecule has 0 unspecified atom stereocenters. The number of nitrogens with zero attached hydrogens (tertiary/aromatic N) is 1. The molecule has 0 spiro atoms. The molecule has 0 aromatic rings. The minimum atomic E-state index is -0.877. The van der Waals surface area contributed by atoms with Crippen LogP contribution in [0.15, 0.2) is 0 Å². The van der Waals surface area contributed by atoms with Crippen molar-refractivity contribution in [2.45, 2.75) is 31.7 Å². The maximum absolute atomic E-state index is 11.4. The largest absolute Gasteiger partial charge is 0.465 e. The summed E-state index contributed by atoms with van der Waals surface area (Å²) >= 11 is 0. The van der Waals surface area contributed by atoms with Gasteiger partial charge in [-0.3, -0.25) is 4.79 Å². The van der Waals surface area contributed by atoms with Crippen molar-refractivity contribution in [3.8, 4) is 0 Å². The molecule has 2 amide bonds. The van der Waals surface area contributed by atoms with Crippen LogP contribution < -0.4 is 5.32 Å². The first-order valence-corrected chi connectivity index (χ1v) is 5.46. The number of amides is 2.